The monoisotopic (exact) mass is 247 g/mol. The highest BCUT2D eigenvalue weighted by atomic mass is 16.5. The zero-order valence-corrected chi connectivity index (χ0v) is 11.3. The summed E-state index contributed by atoms with van der Waals surface area (Å²) >= 11 is 0. The summed E-state index contributed by atoms with van der Waals surface area (Å²) in [6.07, 6.45) is 1.55. The van der Waals surface area contributed by atoms with Crippen molar-refractivity contribution in [1.29, 1.82) is 0 Å². The summed E-state index contributed by atoms with van der Waals surface area (Å²) < 4.78 is 4.67. The first-order chi connectivity index (χ1) is 8.58. The number of hydrogen-bond donors (Lipinski definition) is 1. The van der Waals surface area contributed by atoms with Gasteiger partial charge in [-0.15, -0.1) is 6.58 Å². The maximum atomic E-state index is 11.4. The maximum absolute atomic E-state index is 11.4. The molecule has 1 rings (SSSR count). The van der Waals surface area contributed by atoms with Gasteiger partial charge in [-0.3, -0.25) is 10.1 Å². The van der Waals surface area contributed by atoms with Gasteiger partial charge in [-0.25, -0.2) is 0 Å². The van der Waals surface area contributed by atoms with Crippen molar-refractivity contribution in [3.63, 3.8) is 0 Å². The number of benzene rings is 1. The molecule has 98 valence electrons. The number of carbonyl (C=O) groups is 1. The van der Waals surface area contributed by atoms with Gasteiger partial charge >= 0.3 is 5.97 Å². The second-order valence-corrected chi connectivity index (χ2v) is 4.51. The second-order valence-electron chi connectivity index (χ2n) is 4.51. The van der Waals surface area contributed by atoms with Crippen molar-refractivity contribution in [3.8, 4) is 0 Å². The van der Waals surface area contributed by atoms with Crippen molar-refractivity contribution < 1.29 is 9.53 Å². The lowest BCUT2D eigenvalue weighted by atomic mass is 10.0. The molecule has 0 saturated heterocycles. The van der Waals surface area contributed by atoms with Crippen LogP contribution in [0.15, 0.2) is 36.9 Å². The normalized spacial score (nSPS) is 12.2. The molecule has 18 heavy (non-hydrogen) atoms. The number of esters is 1. The van der Waals surface area contributed by atoms with Gasteiger partial charge in [0.1, 0.15) is 6.04 Å². The van der Waals surface area contributed by atoms with Crippen LogP contribution in [0.4, 0.5) is 0 Å². The van der Waals surface area contributed by atoms with Gasteiger partial charge in [-0.2, -0.15) is 0 Å². The molecule has 0 aliphatic rings. The topological polar surface area (TPSA) is 38.3 Å². The highest BCUT2D eigenvalue weighted by Gasteiger charge is 2.13. The number of rotatable bonds is 6. The van der Waals surface area contributed by atoms with E-state index in [0.29, 0.717) is 12.5 Å². The van der Waals surface area contributed by atoms with Gasteiger partial charge in [-0.05, 0) is 17.0 Å². The molecule has 0 aliphatic carbocycles. The standard InChI is InChI=1S/C15H21NO2/c1-5-14(15(17)18-4)16-10-12-6-8-13(9-7-12)11(2)3/h5-9,11,14,16H,1,10H2,2-4H3. The SMILES string of the molecule is C=CC(NCc1ccc(C(C)C)cc1)C(=O)OC. The molecule has 0 saturated carbocycles. The Balaban J connectivity index is 2.57. The molecule has 0 fully saturated rings. The molecular weight excluding hydrogens is 226 g/mol. The van der Waals surface area contributed by atoms with E-state index in [2.05, 4.69) is 54.7 Å². The lowest BCUT2D eigenvalue weighted by Crippen LogP contribution is -2.35. The van der Waals surface area contributed by atoms with Crippen molar-refractivity contribution in [2.24, 2.45) is 0 Å². The summed E-state index contributed by atoms with van der Waals surface area (Å²) in [6.45, 7) is 8.56. The van der Waals surface area contributed by atoms with E-state index >= 15 is 0 Å². The molecule has 1 unspecified atom stereocenters. The number of carbonyl (C=O) groups excluding carboxylic acids is 1. The fourth-order valence-electron chi connectivity index (χ4n) is 1.64. The average molecular weight is 247 g/mol. The van der Waals surface area contributed by atoms with Crippen LogP contribution in [0.5, 0.6) is 0 Å². The third-order valence-electron chi connectivity index (χ3n) is 2.86. The van der Waals surface area contributed by atoms with E-state index < -0.39 is 6.04 Å². The zero-order chi connectivity index (χ0) is 13.5. The third-order valence-corrected chi connectivity index (χ3v) is 2.86. The van der Waals surface area contributed by atoms with Gasteiger partial charge in [0, 0.05) is 6.54 Å². The largest absolute Gasteiger partial charge is 0.468 e. The summed E-state index contributed by atoms with van der Waals surface area (Å²) in [5.41, 5.74) is 2.45. The van der Waals surface area contributed by atoms with Crippen molar-refractivity contribution in [2.75, 3.05) is 7.11 Å². The van der Waals surface area contributed by atoms with Crippen molar-refractivity contribution in [3.05, 3.63) is 48.0 Å². The van der Waals surface area contributed by atoms with E-state index in [1.807, 2.05) is 0 Å². The van der Waals surface area contributed by atoms with Crippen LogP contribution in [-0.2, 0) is 16.1 Å². The van der Waals surface area contributed by atoms with Crippen LogP contribution < -0.4 is 5.32 Å². The van der Waals surface area contributed by atoms with Crippen LogP contribution in [0, 0.1) is 0 Å². The highest BCUT2D eigenvalue weighted by molar-refractivity contribution is 5.77. The first kappa shape index (κ1) is 14.5. The van der Waals surface area contributed by atoms with Gasteiger partial charge in [0.25, 0.3) is 0 Å². The smallest absolute Gasteiger partial charge is 0.326 e. The molecule has 0 radical (unpaired) electrons. The molecule has 0 aliphatic heterocycles. The van der Waals surface area contributed by atoms with Gasteiger partial charge in [-0.1, -0.05) is 44.2 Å². The predicted octanol–water partition coefficient (Wildman–Crippen LogP) is 2.63. The molecule has 1 aromatic rings. The fourth-order valence-corrected chi connectivity index (χ4v) is 1.64. The van der Waals surface area contributed by atoms with E-state index in [1.54, 1.807) is 6.08 Å². The number of hydrogen-bond acceptors (Lipinski definition) is 3. The molecule has 1 atom stereocenters. The number of nitrogens with one attached hydrogen (secondary N) is 1. The van der Waals surface area contributed by atoms with Crippen molar-refractivity contribution in [2.45, 2.75) is 32.4 Å². The van der Waals surface area contributed by atoms with Crippen molar-refractivity contribution >= 4 is 5.97 Å². The molecule has 3 heteroatoms. The summed E-state index contributed by atoms with van der Waals surface area (Å²) in [4.78, 5) is 11.4. The minimum absolute atomic E-state index is 0.316. The summed E-state index contributed by atoms with van der Waals surface area (Å²) in [5.74, 6) is 0.215. The summed E-state index contributed by atoms with van der Waals surface area (Å²) in [6, 6.07) is 7.91. The van der Waals surface area contributed by atoms with E-state index in [9.17, 15) is 4.79 Å². The van der Waals surface area contributed by atoms with Crippen LogP contribution in [-0.4, -0.2) is 19.1 Å². The first-order valence-electron chi connectivity index (χ1n) is 6.11. The molecule has 3 nitrogen and oxygen atoms in total. The van der Waals surface area contributed by atoms with Crippen LogP contribution in [0.25, 0.3) is 0 Å². The predicted molar refractivity (Wildman–Crippen MR) is 73.4 cm³/mol. The number of ether oxygens (including phenoxy) is 1. The highest BCUT2D eigenvalue weighted by Crippen LogP contribution is 2.14. The second kappa shape index (κ2) is 6.97. The number of methoxy groups -OCH3 is 1. The average Bonchev–Trinajstić information content (AvgIpc) is 2.39. The molecule has 0 spiro atoms. The quantitative estimate of drug-likeness (QED) is 0.620. The Morgan fingerprint density at radius 2 is 2.00 bits per heavy atom. The van der Waals surface area contributed by atoms with E-state index in [-0.39, 0.29) is 5.97 Å². The fraction of sp³-hybridized carbons (Fsp3) is 0.400. The molecule has 0 bridgehead atoms. The molecule has 0 amide bonds. The van der Waals surface area contributed by atoms with Crippen LogP contribution in [0.3, 0.4) is 0 Å². The van der Waals surface area contributed by atoms with Gasteiger partial charge in [0.05, 0.1) is 7.11 Å². The lowest BCUT2D eigenvalue weighted by molar-refractivity contribution is -0.141. The zero-order valence-electron chi connectivity index (χ0n) is 11.3. The van der Waals surface area contributed by atoms with Crippen LogP contribution in [0.1, 0.15) is 30.9 Å². The Hall–Kier alpha value is -1.61. The molecular formula is C15H21NO2. The molecule has 1 N–H and O–H groups in total. The lowest BCUT2D eigenvalue weighted by Gasteiger charge is -2.13. The minimum atomic E-state index is -0.459. The van der Waals surface area contributed by atoms with Gasteiger partial charge in [0.2, 0.25) is 0 Å². The van der Waals surface area contributed by atoms with Gasteiger partial charge in [0.15, 0.2) is 0 Å². The Labute approximate surface area is 109 Å². The van der Waals surface area contributed by atoms with Gasteiger partial charge < -0.3 is 4.74 Å². The Bertz CT molecular complexity index is 395. The van der Waals surface area contributed by atoms with Crippen LogP contribution >= 0.6 is 0 Å². The van der Waals surface area contributed by atoms with Crippen LogP contribution in [0.2, 0.25) is 0 Å². The molecule has 1 aromatic carbocycles. The summed E-state index contributed by atoms with van der Waals surface area (Å²) in [5, 5.41) is 3.09. The Kier molecular flexibility index (Phi) is 5.59. The molecule has 0 heterocycles. The van der Waals surface area contributed by atoms with Crippen molar-refractivity contribution in [1.82, 2.24) is 5.32 Å². The maximum Gasteiger partial charge on any atom is 0.326 e. The Morgan fingerprint density at radius 1 is 1.39 bits per heavy atom. The first-order valence-corrected chi connectivity index (χ1v) is 6.11. The van der Waals surface area contributed by atoms with E-state index in [1.165, 1.54) is 12.7 Å². The minimum Gasteiger partial charge on any atom is -0.468 e. The van der Waals surface area contributed by atoms with E-state index in [0.717, 1.165) is 5.56 Å². The third kappa shape index (κ3) is 4.00. The van der Waals surface area contributed by atoms with E-state index in [4.69, 9.17) is 0 Å². The summed E-state index contributed by atoms with van der Waals surface area (Å²) in [7, 11) is 1.37. The molecule has 0 aromatic heterocycles. The Morgan fingerprint density at radius 3 is 2.44 bits per heavy atom.